The van der Waals surface area contributed by atoms with Crippen LogP contribution in [0.4, 0.5) is 5.69 Å². The summed E-state index contributed by atoms with van der Waals surface area (Å²) in [6.07, 6.45) is 0. The topological polar surface area (TPSA) is 98.5 Å². The number of ether oxygens (including phenoxy) is 1. The average Bonchev–Trinajstić information content (AvgIpc) is 2.34. The zero-order valence-electron chi connectivity index (χ0n) is 10.2. The van der Waals surface area contributed by atoms with Crippen LogP contribution in [-0.2, 0) is 19.6 Å². The van der Waals surface area contributed by atoms with Crippen molar-refractivity contribution in [2.75, 3.05) is 19.0 Å². The number of hydrogen-bond acceptors (Lipinski definition) is 5. The number of primary sulfonamides is 1. The molecule has 3 N–H and O–H groups in total. The number of sulfonamides is 1. The van der Waals surface area contributed by atoms with Gasteiger partial charge in [-0.15, -0.1) is 0 Å². The van der Waals surface area contributed by atoms with Crippen molar-refractivity contribution >= 4 is 21.7 Å². The van der Waals surface area contributed by atoms with E-state index in [2.05, 4.69) is 10.1 Å². The number of methoxy groups -OCH3 is 1. The van der Waals surface area contributed by atoms with Crippen molar-refractivity contribution in [3.63, 3.8) is 0 Å². The molecular weight excluding hydrogens is 256 g/mol. The van der Waals surface area contributed by atoms with Gasteiger partial charge in [0.15, 0.2) is 0 Å². The summed E-state index contributed by atoms with van der Waals surface area (Å²) < 4.78 is 26.7. The summed E-state index contributed by atoms with van der Waals surface area (Å²) in [5.41, 5.74) is 0.707. The summed E-state index contributed by atoms with van der Waals surface area (Å²) in [5.74, 6) is -0.587. The summed E-state index contributed by atoms with van der Waals surface area (Å²) in [4.78, 5) is 11.2. The van der Waals surface area contributed by atoms with Gasteiger partial charge in [0.05, 0.1) is 17.9 Å². The van der Waals surface area contributed by atoms with E-state index in [0.29, 0.717) is 12.2 Å². The molecule has 1 aromatic carbocycles. The molecule has 0 saturated heterocycles. The second-order valence-electron chi connectivity index (χ2n) is 3.87. The Kier molecular flexibility index (Phi) is 4.69. The predicted molar refractivity (Wildman–Crippen MR) is 67.5 cm³/mol. The van der Waals surface area contributed by atoms with E-state index in [0.717, 1.165) is 0 Å². The van der Waals surface area contributed by atoms with Gasteiger partial charge in [-0.1, -0.05) is 6.92 Å². The number of nitrogens with one attached hydrogen (secondary N) is 1. The number of anilines is 1. The Hall–Kier alpha value is -1.60. The monoisotopic (exact) mass is 272 g/mol. The smallest absolute Gasteiger partial charge is 0.310 e. The Bertz CT molecular complexity index is 510. The maximum Gasteiger partial charge on any atom is 0.310 e. The second kappa shape index (κ2) is 5.83. The molecule has 0 bridgehead atoms. The number of benzene rings is 1. The van der Waals surface area contributed by atoms with Crippen molar-refractivity contribution in [1.29, 1.82) is 0 Å². The molecule has 0 aliphatic carbocycles. The van der Waals surface area contributed by atoms with Crippen molar-refractivity contribution in [2.45, 2.75) is 11.8 Å². The highest BCUT2D eigenvalue weighted by atomic mass is 32.2. The Balaban J connectivity index is 2.63. The zero-order valence-corrected chi connectivity index (χ0v) is 11.0. The highest BCUT2D eigenvalue weighted by Gasteiger charge is 2.12. The van der Waals surface area contributed by atoms with Crippen LogP contribution in [0.15, 0.2) is 29.2 Å². The van der Waals surface area contributed by atoms with Crippen LogP contribution in [0.25, 0.3) is 0 Å². The Morgan fingerprint density at radius 2 is 1.94 bits per heavy atom. The van der Waals surface area contributed by atoms with E-state index in [-0.39, 0.29) is 16.8 Å². The molecule has 1 unspecified atom stereocenters. The average molecular weight is 272 g/mol. The van der Waals surface area contributed by atoms with Gasteiger partial charge in [0.2, 0.25) is 10.0 Å². The van der Waals surface area contributed by atoms with Gasteiger partial charge in [0.1, 0.15) is 0 Å². The molecule has 1 aromatic rings. The second-order valence-corrected chi connectivity index (χ2v) is 5.44. The molecule has 0 aliphatic rings. The van der Waals surface area contributed by atoms with Gasteiger partial charge < -0.3 is 10.1 Å². The molecule has 1 atom stereocenters. The van der Waals surface area contributed by atoms with Crippen molar-refractivity contribution in [3.05, 3.63) is 24.3 Å². The molecule has 0 amide bonds. The third-order valence-corrected chi connectivity index (χ3v) is 3.33. The van der Waals surface area contributed by atoms with Gasteiger partial charge in [0.25, 0.3) is 0 Å². The Morgan fingerprint density at radius 1 is 1.39 bits per heavy atom. The van der Waals surface area contributed by atoms with E-state index < -0.39 is 10.0 Å². The van der Waals surface area contributed by atoms with Crippen LogP contribution in [0.1, 0.15) is 6.92 Å². The van der Waals surface area contributed by atoms with Crippen LogP contribution in [0.3, 0.4) is 0 Å². The number of nitrogens with two attached hydrogens (primary N) is 1. The molecule has 18 heavy (non-hydrogen) atoms. The van der Waals surface area contributed by atoms with Gasteiger partial charge in [0, 0.05) is 12.2 Å². The molecule has 0 fully saturated rings. The SMILES string of the molecule is COC(=O)C(C)CNc1ccc(S(N)(=O)=O)cc1. The molecule has 100 valence electrons. The lowest BCUT2D eigenvalue weighted by atomic mass is 10.2. The first-order valence-corrected chi connectivity index (χ1v) is 6.84. The maximum absolute atomic E-state index is 11.2. The largest absolute Gasteiger partial charge is 0.469 e. The van der Waals surface area contributed by atoms with Crippen LogP contribution in [0.2, 0.25) is 0 Å². The van der Waals surface area contributed by atoms with E-state index in [4.69, 9.17) is 5.14 Å². The van der Waals surface area contributed by atoms with Crippen molar-refractivity contribution in [1.82, 2.24) is 0 Å². The van der Waals surface area contributed by atoms with Crippen molar-refractivity contribution in [2.24, 2.45) is 11.1 Å². The summed E-state index contributed by atoms with van der Waals surface area (Å²) in [7, 11) is -2.34. The molecule has 0 heterocycles. The maximum atomic E-state index is 11.2. The minimum Gasteiger partial charge on any atom is -0.469 e. The molecule has 0 radical (unpaired) electrons. The molecule has 0 spiro atoms. The first-order valence-electron chi connectivity index (χ1n) is 5.29. The summed E-state index contributed by atoms with van der Waals surface area (Å²) >= 11 is 0. The van der Waals surface area contributed by atoms with E-state index in [9.17, 15) is 13.2 Å². The molecule has 0 saturated carbocycles. The zero-order chi connectivity index (χ0) is 13.8. The Labute approximate surface area is 106 Å². The number of rotatable bonds is 5. The summed E-state index contributed by atoms with van der Waals surface area (Å²) in [6, 6.07) is 5.98. The summed E-state index contributed by atoms with van der Waals surface area (Å²) in [6.45, 7) is 2.14. The fourth-order valence-electron chi connectivity index (χ4n) is 1.32. The van der Waals surface area contributed by atoms with Crippen LogP contribution >= 0.6 is 0 Å². The summed E-state index contributed by atoms with van der Waals surface area (Å²) in [5, 5.41) is 7.98. The molecule has 7 heteroatoms. The van der Waals surface area contributed by atoms with Gasteiger partial charge >= 0.3 is 5.97 Å². The van der Waals surface area contributed by atoms with Crippen molar-refractivity contribution < 1.29 is 17.9 Å². The van der Waals surface area contributed by atoms with Crippen LogP contribution in [0.5, 0.6) is 0 Å². The number of carbonyl (C=O) groups is 1. The fourth-order valence-corrected chi connectivity index (χ4v) is 1.83. The number of hydrogen-bond donors (Lipinski definition) is 2. The molecule has 0 aliphatic heterocycles. The van der Waals surface area contributed by atoms with E-state index in [1.54, 1.807) is 19.1 Å². The van der Waals surface area contributed by atoms with Gasteiger partial charge in [-0.05, 0) is 24.3 Å². The van der Waals surface area contributed by atoms with Crippen LogP contribution in [0, 0.1) is 5.92 Å². The first-order chi connectivity index (χ1) is 8.34. The van der Waals surface area contributed by atoms with Crippen molar-refractivity contribution in [3.8, 4) is 0 Å². The number of esters is 1. The first kappa shape index (κ1) is 14.5. The van der Waals surface area contributed by atoms with Gasteiger partial charge in [-0.3, -0.25) is 4.79 Å². The molecule has 0 aromatic heterocycles. The highest BCUT2D eigenvalue weighted by Crippen LogP contribution is 2.13. The molecular formula is C11H16N2O4S. The highest BCUT2D eigenvalue weighted by molar-refractivity contribution is 7.89. The molecule has 6 nitrogen and oxygen atoms in total. The Morgan fingerprint density at radius 3 is 2.39 bits per heavy atom. The fraction of sp³-hybridized carbons (Fsp3) is 0.364. The third-order valence-electron chi connectivity index (χ3n) is 2.40. The number of carbonyl (C=O) groups excluding carboxylic acids is 1. The lowest BCUT2D eigenvalue weighted by molar-refractivity contribution is -0.144. The van der Waals surface area contributed by atoms with E-state index >= 15 is 0 Å². The van der Waals surface area contributed by atoms with Gasteiger partial charge in [-0.25, -0.2) is 13.6 Å². The predicted octanol–water partition coefficient (Wildman–Crippen LogP) is 0.555. The minimum absolute atomic E-state index is 0.0501. The lowest BCUT2D eigenvalue weighted by Crippen LogP contribution is -2.21. The quantitative estimate of drug-likeness (QED) is 0.763. The lowest BCUT2D eigenvalue weighted by Gasteiger charge is -2.11. The standard InChI is InChI=1S/C11H16N2O4S/c1-8(11(14)17-2)7-13-9-3-5-10(6-4-9)18(12,15)16/h3-6,8,13H,7H2,1-2H3,(H2,12,15,16). The molecule has 1 rings (SSSR count). The van der Waals surface area contributed by atoms with E-state index in [1.165, 1.54) is 19.2 Å². The normalized spacial score (nSPS) is 12.8. The van der Waals surface area contributed by atoms with E-state index in [1.807, 2.05) is 0 Å². The van der Waals surface area contributed by atoms with Gasteiger partial charge in [-0.2, -0.15) is 0 Å². The minimum atomic E-state index is -3.67. The van der Waals surface area contributed by atoms with Crippen LogP contribution < -0.4 is 10.5 Å². The third kappa shape index (κ3) is 4.01. The van der Waals surface area contributed by atoms with Crippen LogP contribution in [-0.4, -0.2) is 28.0 Å².